The minimum Gasteiger partial charge on any atom is -0.0996 e. The van der Waals surface area contributed by atoms with Crippen molar-refractivity contribution in [1.29, 1.82) is 0 Å². The van der Waals surface area contributed by atoms with Crippen LogP contribution in [0.25, 0.3) is 0 Å². The zero-order valence-corrected chi connectivity index (χ0v) is 20.9. The van der Waals surface area contributed by atoms with Crippen molar-refractivity contribution in [1.82, 2.24) is 0 Å². The summed E-state index contributed by atoms with van der Waals surface area (Å²) < 4.78 is 0. The first-order valence-corrected chi connectivity index (χ1v) is 12.7. The molecule has 4 atom stereocenters. The second-order valence-corrected chi connectivity index (χ2v) is 12.4. The zero-order chi connectivity index (χ0) is 22.1. The Kier molecular flexibility index (Phi) is 7.26. The summed E-state index contributed by atoms with van der Waals surface area (Å²) in [5.41, 5.74) is 7.35. The first-order valence-electron chi connectivity index (χ1n) is 12.7. The van der Waals surface area contributed by atoms with Gasteiger partial charge in [-0.15, -0.1) is 0 Å². The average Bonchev–Trinajstić information content (AvgIpc) is 2.73. The monoisotopic (exact) mass is 408 g/mol. The topological polar surface area (TPSA) is 0 Å². The van der Waals surface area contributed by atoms with Crippen molar-refractivity contribution in [3.8, 4) is 0 Å². The summed E-state index contributed by atoms with van der Waals surface area (Å²) in [5, 5.41) is 0. The van der Waals surface area contributed by atoms with Gasteiger partial charge in [-0.2, -0.15) is 0 Å². The molecule has 0 aromatic carbocycles. The molecule has 0 heteroatoms. The number of fused-ring (bicyclic) bond motifs is 2. The van der Waals surface area contributed by atoms with Crippen molar-refractivity contribution in [3.63, 3.8) is 0 Å². The van der Waals surface area contributed by atoms with Gasteiger partial charge < -0.3 is 0 Å². The van der Waals surface area contributed by atoms with Gasteiger partial charge in [-0.05, 0) is 113 Å². The van der Waals surface area contributed by atoms with Crippen LogP contribution >= 0.6 is 0 Å². The van der Waals surface area contributed by atoms with Crippen LogP contribution in [0.3, 0.4) is 0 Å². The van der Waals surface area contributed by atoms with Crippen molar-refractivity contribution in [2.75, 3.05) is 0 Å². The lowest BCUT2D eigenvalue weighted by Gasteiger charge is -2.53. The van der Waals surface area contributed by atoms with Crippen LogP contribution in [0.4, 0.5) is 0 Å². The lowest BCUT2D eigenvalue weighted by atomic mass is 9.52. The lowest BCUT2D eigenvalue weighted by Crippen LogP contribution is -2.44. The molecule has 0 N–H and O–H groups in total. The third-order valence-corrected chi connectivity index (χ3v) is 9.14. The third kappa shape index (κ3) is 5.23. The molecule has 0 amide bonds. The van der Waals surface area contributed by atoms with E-state index in [4.69, 9.17) is 0 Å². The highest BCUT2D eigenvalue weighted by molar-refractivity contribution is 5.17. The van der Waals surface area contributed by atoms with Gasteiger partial charge in [-0.25, -0.2) is 0 Å². The summed E-state index contributed by atoms with van der Waals surface area (Å²) in [6, 6.07) is 0. The smallest absolute Gasteiger partial charge is 0.0167 e. The molecule has 0 radical (unpaired) electrons. The first kappa shape index (κ1) is 23.6. The van der Waals surface area contributed by atoms with Crippen LogP contribution in [-0.2, 0) is 0 Å². The molecular formula is C30H48. The van der Waals surface area contributed by atoms with Crippen molar-refractivity contribution in [2.45, 2.75) is 106 Å². The Morgan fingerprint density at radius 1 is 0.667 bits per heavy atom. The fourth-order valence-corrected chi connectivity index (χ4v) is 6.88. The standard InChI is InChI=1S/2C15H24/c2*1-11-6-5-7-12(2)13-10-15(3,4)14(13)9-8-11/h2*6,13-14H,2,5,7-10H2,1,3-4H3/b11-6+;11-6-/t2*13-,14-/m11/s1. The molecule has 0 heterocycles. The molecule has 0 saturated heterocycles. The van der Waals surface area contributed by atoms with Crippen LogP contribution in [0, 0.1) is 34.5 Å². The van der Waals surface area contributed by atoms with Gasteiger partial charge in [0.1, 0.15) is 0 Å². The van der Waals surface area contributed by atoms with Crippen molar-refractivity contribution < 1.29 is 0 Å². The fourth-order valence-electron chi connectivity index (χ4n) is 6.88. The fraction of sp³-hybridized carbons (Fsp3) is 0.733. The molecule has 4 rings (SSSR count). The van der Waals surface area contributed by atoms with E-state index in [0.717, 1.165) is 23.7 Å². The van der Waals surface area contributed by atoms with Gasteiger partial charge in [0.15, 0.2) is 0 Å². The lowest BCUT2D eigenvalue weighted by molar-refractivity contribution is 0.00377. The van der Waals surface area contributed by atoms with Crippen LogP contribution in [-0.4, -0.2) is 0 Å². The van der Waals surface area contributed by atoms with Crippen molar-refractivity contribution in [2.24, 2.45) is 34.5 Å². The summed E-state index contributed by atoms with van der Waals surface area (Å²) in [6.07, 6.45) is 17.8. The Labute approximate surface area is 188 Å². The molecular weight excluding hydrogens is 360 g/mol. The highest BCUT2D eigenvalue weighted by Gasteiger charge is 2.48. The summed E-state index contributed by atoms with van der Waals surface area (Å²) in [5.74, 6) is 3.46. The maximum absolute atomic E-state index is 4.30. The largest absolute Gasteiger partial charge is 0.0996 e. The van der Waals surface area contributed by atoms with E-state index in [1.54, 1.807) is 11.1 Å². The number of hydrogen-bond acceptors (Lipinski definition) is 0. The van der Waals surface area contributed by atoms with E-state index in [2.05, 4.69) is 66.9 Å². The van der Waals surface area contributed by atoms with Gasteiger partial charge >= 0.3 is 0 Å². The van der Waals surface area contributed by atoms with E-state index in [1.807, 2.05) is 0 Å². The van der Waals surface area contributed by atoms with Gasteiger partial charge in [0, 0.05) is 0 Å². The maximum atomic E-state index is 4.30. The normalized spacial score (nSPS) is 38.9. The van der Waals surface area contributed by atoms with Gasteiger partial charge in [-0.3, -0.25) is 0 Å². The zero-order valence-electron chi connectivity index (χ0n) is 20.9. The summed E-state index contributed by atoms with van der Waals surface area (Å²) in [7, 11) is 0. The summed E-state index contributed by atoms with van der Waals surface area (Å²) in [4.78, 5) is 0. The highest BCUT2D eigenvalue weighted by atomic mass is 14.5. The Hall–Kier alpha value is -1.04. The van der Waals surface area contributed by atoms with Crippen LogP contribution in [0.2, 0.25) is 0 Å². The molecule has 0 aromatic heterocycles. The molecule has 0 aliphatic heterocycles. The Balaban J connectivity index is 0.000000171. The molecule has 4 aliphatic carbocycles. The van der Waals surface area contributed by atoms with Gasteiger partial charge in [0.05, 0.1) is 0 Å². The molecule has 168 valence electrons. The predicted molar refractivity (Wildman–Crippen MR) is 133 cm³/mol. The SMILES string of the molecule is C=C1CC/C=C(/C)CC[C@@H]2[C@@H]1CC2(C)C.C=C1CC/C=C(\C)CC[C@@H]2[C@@H]1CC2(C)C. The van der Waals surface area contributed by atoms with Crippen LogP contribution in [0.5, 0.6) is 0 Å². The minimum atomic E-state index is 0.568. The third-order valence-electron chi connectivity index (χ3n) is 9.14. The molecule has 2 fully saturated rings. The summed E-state index contributed by atoms with van der Waals surface area (Å²) >= 11 is 0. The van der Waals surface area contributed by atoms with E-state index < -0.39 is 0 Å². The molecule has 4 aliphatic rings. The first-order chi connectivity index (χ1) is 14.0. The molecule has 30 heavy (non-hydrogen) atoms. The molecule has 0 aromatic rings. The number of allylic oxidation sites excluding steroid dienone is 6. The predicted octanol–water partition coefficient (Wildman–Crippen LogP) is 9.45. The van der Waals surface area contributed by atoms with E-state index in [1.165, 1.54) is 75.4 Å². The number of hydrogen-bond donors (Lipinski definition) is 0. The second kappa shape index (κ2) is 9.22. The van der Waals surface area contributed by atoms with E-state index in [-0.39, 0.29) is 0 Å². The van der Waals surface area contributed by atoms with Crippen LogP contribution in [0.1, 0.15) is 106 Å². The van der Waals surface area contributed by atoms with Crippen molar-refractivity contribution >= 4 is 0 Å². The molecule has 0 unspecified atom stereocenters. The second-order valence-electron chi connectivity index (χ2n) is 12.4. The Morgan fingerprint density at radius 3 is 1.37 bits per heavy atom. The maximum Gasteiger partial charge on any atom is -0.0167 e. The molecule has 2 saturated carbocycles. The minimum absolute atomic E-state index is 0.568. The average molecular weight is 409 g/mol. The van der Waals surface area contributed by atoms with E-state index in [0.29, 0.717) is 10.8 Å². The van der Waals surface area contributed by atoms with Gasteiger partial charge in [0.2, 0.25) is 0 Å². The molecule has 0 nitrogen and oxygen atoms in total. The molecule has 0 bridgehead atoms. The van der Waals surface area contributed by atoms with Crippen LogP contribution in [0.15, 0.2) is 47.6 Å². The van der Waals surface area contributed by atoms with E-state index in [9.17, 15) is 0 Å². The Bertz CT molecular complexity index is 648. The van der Waals surface area contributed by atoms with Gasteiger partial charge in [0.25, 0.3) is 0 Å². The van der Waals surface area contributed by atoms with Gasteiger partial charge in [-0.1, -0.05) is 75.3 Å². The Morgan fingerprint density at radius 2 is 1.03 bits per heavy atom. The van der Waals surface area contributed by atoms with Crippen molar-refractivity contribution in [3.05, 3.63) is 47.6 Å². The van der Waals surface area contributed by atoms with E-state index >= 15 is 0 Å². The molecule has 0 spiro atoms. The highest BCUT2D eigenvalue weighted by Crippen LogP contribution is 2.57. The summed E-state index contributed by atoms with van der Waals surface area (Å²) in [6.45, 7) is 22.9. The quantitative estimate of drug-likeness (QED) is 0.350. The number of rotatable bonds is 0. The van der Waals surface area contributed by atoms with Crippen LogP contribution < -0.4 is 0 Å².